The maximum Gasteiger partial charge on any atom is 0.249 e. The molecule has 1 atom stereocenters. The molecule has 1 aliphatic heterocycles. The fraction of sp³-hybridized carbons (Fsp3) is 0.467. The number of hydrogen-bond acceptors (Lipinski definition) is 5. The van der Waals surface area contributed by atoms with E-state index in [1.54, 1.807) is 12.4 Å². The molecule has 3 heterocycles. The van der Waals surface area contributed by atoms with Crippen molar-refractivity contribution in [2.24, 2.45) is 0 Å². The van der Waals surface area contributed by atoms with Gasteiger partial charge in [0.25, 0.3) is 0 Å². The summed E-state index contributed by atoms with van der Waals surface area (Å²) in [6.45, 7) is 3.38. The van der Waals surface area contributed by atoms with Crippen LogP contribution in [0.5, 0.6) is 0 Å². The van der Waals surface area contributed by atoms with Crippen molar-refractivity contribution in [2.45, 2.75) is 32.1 Å². The number of carbonyl (C=O) groups excluding carboxylic acids is 1. The van der Waals surface area contributed by atoms with Gasteiger partial charge in [0.15, 0.2) is 0 Å². The second-order valence-electron chi connectivity index (χ2n) is 5.22. The minimum atomic E-state index is 0.132. The smallest absolute Gasteiger partial charge is 0.249 e. The SMILES string of the molecule is CCC(=O)N1CCCC(c2nnc(-c3cccnc3)o2)C1. The van der Waals surface area contributed by atoms with Crippen molar-refractivity contribution in [2.75, 3.05) is 13.1 Å². The van der Waals surface area contributed by atoms with Gasteiger partial charge in [-0.15, -0.1) is 10.2 Å². The Balaban J connectivity index is 1.75. The van der Waals surface area contributed by atoms with Gasteiger partial charge in [-0.3, -0.25) is 9.78 Å². The van der Waals surface area contributed by atoms with E-state index in [2.05, 4.69) is 15.2 Å². The number of piperidine rings is 1. The van der Waals surface area contributed by atoms with E-state index in [-0.39, 0.29) is 11.8 Å². The first kappa shape index (κ1) is 13.7. The van der Waals surface area contributed by atoms with Gasteiger partial charge in [0.2, 0.25) is 17.7 Å². The molecule has 2 aromatic rings. The predicted molar refractivity (Wildman–Crippen MR) is 76.4 cm³/mol. The van der Waals surface area contributed by atoms with Crippen molar-refractivity contribution in [3.63, 3.8) is 0 Å². The first-order chi connectivity index (χ1) is 10.3. The molecule has 2 aromatic heterocycles. The number of aromatic nitrogens is 3. The van der Waals surface area contributed by atoms with E-state index in [1.165, 1.54) is 0 Å². The molecule has 0 aliphatic carbocycles. The summed E-state index contributed by atoms with van der Waals surface area (Å²) < 4.78 is 5.77. The van der Waals surface area contributed by atoms with Gasteiger partial charge < -0.3 is 9.32 Å². The Morgan fingerprint density at radius 2 is 2.38 bits per heavy atom. The molecule has 0 spiro atoms. The highest BCUT2D eigenvalue weighted by molar-refractivity contribution is 5.75. The van der Waals surface area contributed by atoms with Crippen LogP contribution in [-0.2, 0) is 4.79 Å². The van der Waals surface area contributed by atoms with Crippen molar-refractivity contribution in [3.05, 3.63) is 30.4 Å². The average molecular weight is 286 g/mol. The largest absolute Gasteiger partial charge is 0.420 e. The highest BCUT2D eigenvalue weighted by Gasteiger charge is 2.27. The molecular formula is C15H18N4O2. The third kappa shape index (κ3) is 2.94. The Morgan fingerprint density at radius 3 is 3.14 bits per heavy atom. The van der Waals surface area contributed by atoms with Gasteiger partial charge in [-0.2, -0.15) is 0 Å². The van der Waals surface area contributed by atoms with Gasteiger partial charge in [-0.1, -0.05) is 6.92 Å². The maximum atomic E-state index is 11.8. The van der Waals surface area contributed by atoms with Crippen LogP contribution in [0.1, 0.15) is 38.0 Å². The topological polar surface area (TPSA) is 72.1 Å². The number of likely N-dealkylation sites (tertiary alicyclic amines) is 1. The molecule has 3 rings (SSSR count). The lowest BCUT2D eigenvalue weighted by molar-refractivity contribution is -0.132. The zero-order valence-electron chi connectivity index (χ0n) is 12.0. The molecule has 0 bridgehead atoms. The standard InChI is InChI=1S/C15H18N4O2/c1-2-13(20)19-8-4-6-12(10-19)15-18-17-14(21-15)11-5-3-7-16-9-11/h3,5,7,9,12H,2,4,6,8,10H2,1H3. The van der Waals surface area contributed by atoms with E-state index in [1.807, 2.05) is 24.0 Å². The van der Waals surface area contributed by atoms with Crippen molar-refractivity contribution >= 4 is 5.91 Å². The van der Waals surface area contributed by atoms with E-state index in [0.29, 0.717) is 24.7 Å². The van der Waals surface area contributed by atoms with Crippen LogP contribution in [0, 0.1) is 0 Å². The molecule has 1 aliphatic rings. The molecule has 110 valence electrons. The molecule has 1 amide bonds. The van der Waals surface area contributed by atoms with Crippen LogP contribution in [0.25, 0.3) is 11.5 Å². The van der Waals surface area contributed by atoms with Crippen LogP contribution < -0.4 is 0 Å². The Kier molecular flexibility index (Phi) is 3.94. The Hall–Kier alpha value is -2.24. The number of amides is 1. The second-order valence-corrected chi connectivity index (χ2v) is 5.22. The molecule has 0 radical (unpaired) electrons. The summed E-state index contributed by atoms with van der Waals surface area (Å²) in [7, 11) is 0. The van der Waals surface area contributed by atoms with E-state index < -0.39 is 0 Å². The summed E-state index contributed by atoms with van der Waals surface area (Å²) in [6, 6.07) is 3.72. The molecule has 1 saturated heterocycles. The lowest BCUT2D eigenvalue weighted by Crippen LogP contribution is -2.38. The van der Waals surface area contributed by atoms with E-state index >= 15 is 0 Å². The highest BCUT2D eigenvalue weighted by atomic mass is 16.4. The molecule has 0 aromatic carbocycles. The first-order valence-electron chi connectivity index (χ1n) is 7.29. The summed E-state index contributed by atoms with van der Waals surface area (Å²) in [5, 5.41) is 8.25. The molecule has 6 nitrogen and oxygen atoms in total. The molecule has 1 unspecified atom stereocenters. The fourth-order valence-corrected chi connectivity index (χ4v) is 2.63. The molecule has 6 heteroatoms. The monoisotopic (exact) mass is 286 g/mol. The minimum Gasteiger partial charge on any atom is -0.420 e. The Labute approximate surface area is 123 Å². The van der Waals surface area contributed by atoms with Crippen molar-refractivity contribution in [1.29, 1.82) is 0 Å². The summed E-state index contributed by atoms with van der Waals surface area (Å²) in [5.74, 6) is 1.42. The zero-order valence-corrected chi connectivity index (χ0v) is 12.0. The normalized spacial score (nSPS) is 18.7. The average Bonchev–Trinajstić information content (AvgIpc) is 3.05. The lowest BCUT2D eigenvalue weighted by atomic mass is 9.98. The molecule has 0 saturated carbocycles. The number of nitrogens with zero attached hydrogens (tertiary/aromatic N) is 4. The predicted octanol–water partition coefficient (Wildman–Crippen LogP) is 2.25. The highest BCUT2D eigenvalue weighted by Crippen LogP contribution is 2.28. The van der Waals surface area contributed by atoms with Gasteiger partial charge in [-0.05, 0) is 25.0 Å². The summed E-state index contributed by atoms with van der Waals surface area (Å²) in [6.07, 6.45) is 5.89. The number of carbonyl (C=O) groups is 1. The third-order valence-corrected chi connectivity index (χ3v) is 3.77. The van der Waals surface area contributed by atoms with Crippen molar-refractivity contribution in [3.8, 4) is 11.5 Å². The van der Waals surface area contributed by atoms with Gasteiger partial charge in [0.05, 0.1) is 11.5 Å². The van der Waals surface area contributed by atoms with E-state index in [0.717, 1.165) is 24.9 Å². The van der Waals surface area contributed by atoms with Gasteiger partial charge in [0.1, 0.15) is 0 Å². The van der Waals surface area contributed by atoms with Crippen molar-refractivity contribution in [1.82, 2.24) is 20.1 Å². The third-order valence-electron chi connectivity index (χ3n) is 3.77. The van der Waals surface area contributed by atoms with Gasteiger partial charge in [0, 0.05) is 31.9 Å². The lowest BCUT2D eigenvalue weighted by Gasteiger charge is -2.30. The van der Waals surface area contributed by atoms with Gasteiger partial charge >= 0.3 is 0 Å². The quantitative estimate of drug-likeness (QED) is 0.865. The van der Waals surface area contributed by atoms with Crippen LogP contribution in [0.3, 0.4) is 0 Å². The first-order valence-corrected chi connectivity index (χ1v) is 7.29. The van der Waals surface area contributed by atoms with Gasteiger partial charge in [-0.25, -0.2) is 0 Å². The molecular weight excluding hydrogens is 268 g/mol. The van der Waals surface area contributed by atoms with Crippen LogP contribution >= 0.6 is 0 Å². The summed E-state index contributed by atoms with van der Waals surface area (Å²) in [4.78, 5) is 17.8. The van der Waals surface area contributed by atoms with Crippen molar-refractivity contribution < 1.29 is 9.21 Å². The Bertz CT molecular complexity index is 611. The fourth-order valence-electron chi connectivity index (χ4n) is 2.63. The zero-order chi connectivity index (χ0) is 14.7. The van der Waals surface area contributed by atoms with Crippen LogP contribution in [0.4, 0.5) is 0 Å². The van der Waals surface area contributed by atoms with Crippen LogP contribution in [0.2, 0.25) is 0 Å². The summed E-state index contributed by atoms with van der Waals surface area (Å²) >= 11 is 0. The van der Waals surface area contributed by atoms with E-state index in [4.69, 9.17) is 4.42 Å². The minimum absolute atomic E-state index is 0.132. The van der Waals surface area contributed by atoms with E-state index in [9.17, 15) is 4.79 Å². The molecule has 21 heavy (non-hydrogen) atoms. The Morgan fingerprint density at radius 1 is 1.48 bits per heavy atom. The summed E-state index contributed by atoms with van der Waals surface area (Å²) in [5.41, 5.74) is 0.813. The number of rotatable bonds is 3. The maximum absolute atomic E-state index is 11.8. The number of pyridine rings is 1. The number of hydrogen-bond donors (Lipinski definition) is 0. The van der Waals surface area contributed by atoms with Crippen LogP contribution in [-0.4, -0.2) is 39.1 Å². The molecule has 0 N–H and O–H groups in total. The van der Waals surface area contributed by atoms with Crippen LogP contribution in [0.15, 0.2) is 28.9 Å². The second kappa shape index (κ2) is 6.03. The molecule has 1 fully saturated rings.